The van der Waals surface area contributed by atoms with Crippen molar-refractivity contribution in [3.8, 4) is 0 Å². The predicted octanol–water partition coefficient (Wildman–Crippen LogP) is 3.24. The molecule has 2 aliphatic rings. The van der Waals surface area contributed by atoms with Gasteiger partial charge < -0.3 is 4.74 Å². The van der Waals surface area contributed by atoms with Gasteiger partial charge in [-0.15, -0.1) is 0 Å². The molecule has 2 fully saturated rings. The number of hydrogen-bond acceptors (Lipinski definition) is 6. The first kappa shape index (κ1) is 15.4. The van der Waals surface area contributed by atoms with E-state index in [4.69, 9.17) is 4.74 Å². The van der Waals surface area contributed by atoms with Crippen LogP contribution in [0.25, 0.3) is 0 Å². The Labute approximate surface area is 131 Å². The highest BCUT2D eigenvalue weighted by atomic mass is 16.6. The first-order valence-electron chi connectivity index (χ1n) is 7.43. The van der Waals surface area contributed by atoms with Crippen LogP contribution in [0.2, 0.25) is 0 Å². The Balaban J connectivity index is 1.84. The van der Waals surface area contributed by atoms with E-state index in [1.165, 1.54) is 0 Å². The molecule has 2 bridgehead atoms. The van der Waals surface area contributed by atoms with Gasteiger partial charge in [0.05, 0.1) is 21.5 Å². The molecule has 23 heavy (non-hydrogen) atoms. The number of benzene rings is 1. The molecule has 8 heteroatoms. The minimum absolute atomic E-state index is 0.0486. The number of nitro benzene ring substituents is 2. The van der Waals surface area contributed by atoms with E-state index < -0.39 is 27.2 Å². The maximum atomic E-state index is 12.3. The zero-order chi connectivity index (χ0) is 16.8. The van der Waals surface area contributed by atoms with E-state index >= 15 is 0 Å². The van der Waals surface area contributed by atoms with Crippen LogP contribution in [0.1, 0.15) is 43.0 Å². The molecule has 0 heterocycles. The first-order valence-corrected chi connectivity index (χ1v) is 7.43. The maximum absolute atomic E-state index is 12.3. The molecule has 1 aromatic rings. The van der Waals surface area contributed by atoms with Crippen molar-refractivity contribution in [3.63, 3.8) is 0 Å². The zero-order valence-corrected chi connectivity index (χ0v) is 12.6. The number of carbonyl (C=O) groups excluding carboxylic acids is 1. The minimum atomic E-state index is -0.761. The van der Waals surface area contributed by atoms with E-state index in [9.17, 15) is 25.0 Å². The monoisotopic (exact) mass is 320 g/mol. The second-order valence-electron chi connectivity index (χ2n) is 6.64. The molecule has 2 aliphatic carbocycles. The lowest BCUT2D eigenvalue weighted by Gasteiger charge is -2.30. The summed E-state index contributed by atoms with van der Waals surface area (Å²) in [5.74, 6) is -0.187. The third-order valence-electron chi connectivity index (χ3n) is 5.01. The number of nitrogens with zero attached hydrogens (tertiary/aromatic N) is 2. The summed E-state index contributed by atoms with van der Waals surface area (Å²) < 4.78 is 5.52. The summed E-state index contributed by atoms with van der Waals surface area (Å²) in [6, 6.07) is 2.87. The van der Waals surface area contributed by atoms with E-state index in [1.54, 1.807) is 0 Å². The summed E-state index contributed by atoms with van der Waals surface area (Å²) >= 11 is 0. The number of hydrogen-bond donors (Lipinski definition) is 0. The predicted molar refractivity (Wildman–Crippen MR) is 79.0 cm³/mol. The lowest BCUT2D eigenvalue weighted by Crippen LogP contribution is -2.32. The molecule has 0 spiro atoms. The molecule has 122 valence electrons. The first-order chi connectivity index (χ1) is 10.8. The van der Waals surface area contributed by atoms with Gasteiger partial charge in [0.15, 0.2) is 0 Å². The molecule has 0 radical (unpaired) electrons. The van der Waals surface area contributed by atoms with Gasteiger partial charge in [-0.2, -0.15) is 0 Å². The highest BCUT2D eigenvalue weighted by Crippen LogP contribution is 2.55. The van der Waals surface area contributed by atoms with E-state index in [-0.39, 0.29) is 17.1 Å². The van der Waals surface area contributed by atoms with E-state index in [1.807, 2.05) is 0 Å². The van der Waals surface area contributed by atoms with Crippen molar-refractivity contribution < 1.29 is 19.4 Å². The van der Waals surface area contributed by atoms with Crippen molar-refractivity contribution in [3.05, 3.63) is 44.0 Å². The van der Waals surface area contributed by atoms with Crippen LogP contribution in [0, 0.1) is 31.6 Å². The van der Waals surface area contributed by atoms with Gasteiger partial charge in [0.2, 0.25) is 0 Å². The lowest BCUT2D eigenvalue weighted by molar-refractivity contribution is -0.394. The molecule has 0 N–H and O–H groups in total. The minimum Gasteiger partial charge on any atom is -0.458 e. The summed E-state index contributed by atoms with van der Waals surface area (Å²) in [5, 5.41) is 21.8. The molecule has 2 saturated carbocycles. The Morgan fingerprint density at radius 1 is 1.22 bits per heavy atom. The van der Waals surface area contributed by atoms with Gasteiger partial charge in [0.25, 0.3) is 11.4 Å². The third-order valence-corrected chi connectivity index (χ3v) is 5.01. The normalized spacial score (nSPS) is 28.6. The number of fused-ring (bicyclic) bond motifs is 2. The average molecular weight is 320 g/mol. The molecular formula is C15H16N2O6. The van der Waals surface area contributed by atoms with Gasteiger partial charge in [-0.3, -0.25) is 20.2 Å². The largest absolute Gasteiger partial charge is 0.458 e. The van der Waals surface area contributed by atoms with Crippen LogP contribution in [0.3, 0.4) is 0 Å². The second-order valence-corrected chi connectivity index (χ2v) is 6.64. The number of rotatable bonds is 4. The van der Waals surface area contributed by atoms with E-state index in [0.29, 0.717) is 5.92 Å². The third kappa shape index (κ3) is 2.76. The average Bonchev–Trinajstić information content (AvgIpc) is 3.01. The smallest absolute Gasteiger partial charge is 0.338 e. The van der Waals surface area contributed by atoms with Crippen LogP contribution in [0.4, 0.5) is 11.4 Å². The van der Waals surface area contributed by atoms with Crippen molar-refractivity contribution in [1.29, 1.82) is 0 Å². The Kier molecular flexibility index (Phi) is 3.54. The quantitative estimate of drug-likeness (QED) is 0.478. The van der Waals surface area contributed by atoms with E-state index in [0.717, 1.165) is 43.9 Å². The van der Waals surface area contributed by atoms with Gasteiger partial charge in [-0.1, -0.05) is 6.92 Å². The van der Waals surface area contributed by atoms with Crippen molar-refractivity contribution in [2.45, 2.75) is 38.7 Å². The summed E-state index contributed by atoms with van der Waals surface area (Å²) in [6.07, 6.45) is 3.70. The van der Waals surface area contributed by atoms with Crippen molar-refractivity contribution in [1.82, 2.24) is 0 Å². The molecule has 1 aromatic carbocycles. The lowest BCUT2D eigenvalue weighted by atomic mass is 9.84. The molecule has 8 nitrogen and oxygen atoms in total. The SMILES string of the molecule is C[C@]12CC[C@H](C[C@@H]1OC(=O)c1cc([N+](=O)[O-])cc([N+](=O)[O-])c1)C2. The Hall–Kier alpha value is -2.51. The van der Waals surface area contributed by atoms with Gasteiger partial charge in [0.1, 0.15) is 6.10 Å². The number of carbonyl (C=O) groups is 1. The van der Waals surface area contributed by atoms with Crippen LogP contribution in [-0.2, 0) is 4.74 Å². The number of esters is 1. The molecule has 0 unspecified atom stereocenters. The zero-order valence-electron chi connectivity index (χ0n) is 12.6. The summed E-state index contributed by atoms with van der Waals surface area (Å²) in [6.45, 7) is 2.08. The van der Waals surface area contributed by atoms with Crippen molar-refractivity contribution in [2.24, 2.45) is 11.3 Å². The Morgan fingerprint density at radius 2 is 1.83 bits per heavy atom. The van der Waals surface area contributed by atoms with Gasteiger partial charge >= 0.3 is 5.97 Å². The van der Waals surface area contributed by atoms with Crippen molar-refractivity contribution in [2.75, 3.05) is 0 Å². The summed E-state index contributed by atoms with van der Waals surface area (Å²) in [4.78, 5) is 32.5. The summed E-state index contributed by atoms with van der Waals surface area (Å²) in [7, 11) is 0. The number of nitro groups is 2. The standard InChI is InChI=1S/C15H16N2O6/c1-15-3-2-9(8-15)4-13(15)23-14(18)10-5-11(16(19)20)7-12(6-10)17(21)22/h5-7,9,13H,2-4,8H2,1H3/t9-,13+,15-/m1/s1. The Morgan fingerprint density at radius 3 is 2.26 bits per heavy atom. The van der Waals surface area contributed by atoms with E-state index in [2.05, 4.69) is 6.92 Å². The molecule has 3 atom stereocenters. The van der Waals surface area contributed by atoms with Gasteiger partial charge in [-0.25, -0.2) is 4.79 Å². The fraction of sp³-hybridized carbons (Fsp3) is 0.533. The Bertz CT molecular complexity index is 671. The molecule has 0 saturated heterocycles. The molecule has 0 aromatic heterocycles. The highest BCUT2D eigenvalue weighted by molar-refractivity contribution is 5.91. The molecular weight excluding hydrogens is 304 g/mol. The fourth-order valence-corrected chi connectivity index (χ4v) is 3.79. The molecule has 0 amide bonds. The molecule has 0 aliphatic heterocycles. The maximum Gasteiger partial charge on any atom is 0.338 e. The second kappa shape index (κ2) is 5.29. The summed E-state index contributed by atoms with van der Waals surface area (Å²) in [5.41, 5.74) is -1.19. The van der Waals surface area contributed by atoms with Crippen LogP contribution in [0.15, 0.2) is 18.2 Å². The van der Waals surface area contributed by atoms with Gasteiger partial charge in [0, 0.05) is 17.5 Å². The molecule has 3 rings (SSSR count). The van der Waals surface area contributed by atoms with Crippen molar-refractivity contribution >= 4 is 17.3 Å². The fourth-order valence-electron chi connectivity index (χ4n) is 3.79. The number of non-ortho nitro benzene ring substituents is 2. The van der Waals surface area contributed by atoms with Crippen LogP contribution >= 0.6 is 0 Å². The van der Waals surface area contributed by atoms with Crippen LogP contribution < -0.4 is 0 Å². The van der Waals surface area contributed by atoms with Gasteiger partial charge in [-0.05, 0) is 31.6 Å². The number of ether oxygens (including phenoxy) is 1. The highest BCUT2D eigenvalue weighted by Gasteiger charge is 2.50. The van der Waals surface area contributed by atoms with Crippen LogP contribution in [0.5, 0.6) is 0 Å². The van der Waals surface area contributed by atoms with Crippen LogP contribution in [-0.4, -0.2) is 21.9 Å². The topological polar surface area (TPSA) is 113 Å².